The second-order valence-electron chi connectivity index (χ2n) is 6.66. The fraction of sp³-hybridized carbons (Fsp3) is 0.200. The average Bonchev–Trinajstić information content (AvgIpc) is 3.47. The molecule has 0 N–H and O–H groups in total. The fourth-order valence-electron chi connectivity index (χ4n) is 3.44. The minimum atomic E-state index is -0.619. The van der Waals surface area contributed by atoms with Gasteiger partial charge in [-0.15, -0.1) is 11.3 Å². The van der Waals surface area contributed by atoms with Crippen molar-refractivity contribution in [2.45, 2.75) is 12.3 Å². The third-order valence-electron chi connectivity index (χ3n) is 4.89. The molecule has 140 valence electrons. The summed E-state index contributed by atoms with van der Waals surface area (Å²) in [7, 11) is 0. The molecule has 4 heterocycles. The van der Waals surface area contributed by atoms with Crippen molar-refractivity contribution in [1.82, 2.24) is 15.0 Å². The van der Waals surface area contributed by atoms with Gasteiger partial charge in [0.05, 0.1) is 4.88 Å². The van der Waals surface area contributed by atoms with E-state index in [2.05, 4.69) is 10.1 Å². The van der Waals surface area contributed by atoms with Gasteiger partial charge in [-0.25, -0.2) is 4.79 Å². The number of likely N-dealkylation sites (tertiary alicyclic amines) is 1. The molecule has 0 radical (unpaired) electrons. The Morgan fingerprint density at radius 2 is 2.11 bits per heavy atom. The predicted octanol–water partition coefficient (Wildman–Crippen LogP) is 3.53. The summed E-state index contributed by atoms with van der Waals surface area (Å²) in [5, 5.41) is 6.75. The molecule has 4 aromatic rings. The number of thiophene rings is 1. The van der Waals surface area contributed by atoms with E-state index in [1.165, 1.54) is 11.3 Å². The smallest absolute Gasteiger partial charge is 0.349 e. The highest BCUT2D eigenvalue weighted by molar-refractivity contribution is 7.13. The topological polar surface area (TPSA) is 89.4 Å². The number of rotatable bonds is 3. The highest BCUT2D eigenvalue weighted by atomic mass is 32.1. The van der Waals surface area contributed by atoms with Crippen LogP contribution in [0, 0.1) is 0 Å². The van der Waals surface area contributed by atoms with Crippen LogP contribution in [0.2, 0.25) is 0 Å². The van der Waals surface area contributed by atoms with Crippen LogP contribution in [-0.2, 0) is 0 Å². The number of carbonyl (C=O) groups excluding carboxylic acids is 1. The lowest BCUT2D eigenvalue weighted by atomic mass is 10.1. The predicted molar refractivity (Wildman–Crippen MR) is 103 cm³/mol. The largest absolute Gasteiger partial charge is 0.422 e. The van der Waals surface area contributed by atoms with Crippen molar-refractivity contribution >= 4 is 28.2 Å². The average molecular weight is 393 g/mol. The van der Waals surface area contributed by atoms with Gasteiger partial charge in [-0.2, -0.15) is 4.98 Å². The highest BCUT2D eigenvalue weighted by Gasteiger charge is 2.32. The third-order valence-corrected chi connectivity index (χ3v) is 5.74. The van der Waals surface area contributed by atoms with Gasteiger partial charge in [0.25, 0.3) is 11.8 Å². The monoisotopic (exact) mass is 393 g/mol. The van der Waals surface area contributed by atoms with Crippen molar-refractivity contribution in [3.63, 3.8) is 0 Å². The highest BCUT2D eigenvalue weighted by Crippen LogP contribution is 2.29. The van der Waals surface area contributed by atoms with Crippen molar-refractivity contribution in [2.75, 3.05) is 13.1 Å². The van der Waals surface area contributed by atoms with E-state index in [1.54, 1.807) is 23.1 Å². The SMILES string of the molecule is O=C(c1cc2ccccc2oc1=O)N1CC[C@@H](c2noc(-c3cccs3)n2)C1. The summed E-state index contributed by atoms with van der Waals surface area (Å²) in [6.45, 7) is 0.965. The van der Waals surface area contributed by atoms with E-state index in [0.29, 0.717) is 36.8 Å². The van der Waals surface area contributed by atoms with Gasteiger partial charge in [-0.1, -0.05) is 29.4 Å². The first kappa shape index (κ1) is 16.9. The van der Waals surface area contributed by atoms with Gasteiger partial charge in [0, 0.05) is 24.4 Å². The molecule has 0 bridgehead atoms. The minimum Gasteiger partial charge on any atom is -0.422 e. The molecule has 1 atom stereocenters. The van der Waals surface area contributed by atoms with Crippen LogP contribution >= 0.6 is 11.3 Å². The molecule has 1 aromatic carbocycles. The second kappa shape index (κ2) is 6.72. The Morgan fingerprint density at radius 1 is 1.21 bits per heavy atom. The molecule has 0 saturated carbocycles. The summed E-state index contributed by atoms with van der Waals surface area (Å²) in [6, 6.07) is 12.6. The summed E-state index contributed by atoms with van der Waals surface area (Å²) < 4.78 is 10.6. The summed E-state index contributed by atoms with van der Waals surface area (Å²) in [5.74, 6) is 0.729. The number of hydrogen-bond donors (Lipinski definition) is 0. The Labute approximate surface area is 163 Å². The first-order valence-electron chi connectivity index (χ1n) is 8.89. The molecule has 0 spiro atoms. The number of carbonyl (C=O) groups is 1. The minimum absolute atomic E-state index is 0.0195. The van der Waals surface area contributed by atoms with Crippen molar-refractivity contribution in [2.24, 2.45) is 0 Å². The maximum atomic E-state index is 12.9. The van der Waals surface area contributed by atoms with Gasteiger partial charge < -0.3 is 13.8 Å². The number of hydrogen-bond acceptors (Lipinski definition) is 7. The van der Waals surface area contributed by atoms with Gasteiger partial charge in [0.2, 0.25) is 0 Å². The molecule has 1 fully saturated rings. The van der Waals surface area contributed by atoms with Crippen LogP contribution in [0.4, 0.5) is 0 Å². The zero-order valence-electron chi connectivity index (χ0n) is 14.7. The zero-order chi connectivity index (χ0) is 19.1. The molecule has 8 heteroatoms. The Bertz CT molecular complexity index is 1210. The van der Waals surface area contributed by atoms with E-state index in [4.69, 9.17) is 8.94 Å². The molecule has 1 saturated heterocycles. The maximum Gasteiger partial charge on any atom is 0.349 e. The van der Waals surface area contributed by atoms with Gasteiger partial charge in [0.15, 0.2) is 5.82 Å². The summed E-state index contributed by atoms with van der Waals surface area (Å²) >= 11 is 1.53. The number of fused-ring (bicyclic) bond motifs is 1. The van der Waals surface area contributed by atoms with Gasteiger partial charge >= 0.3 is 5.63 Å². The lowest BCUT2D eigenvalue weighted by Crippen LogP contribution is -2.32. The Balaban J connectivity index is 1.37. The van der Waals surface area contributed by atoms with Crippen LogP contribution < -0.4 is 5.63 Å². The molecule has 5 rings (SSSR count). The van der Waals surface area contributed by atoms with E-state index in [9.17, 15) is 9.59 Å². The van der Waals surface area contributed by atoms with Crippen LogP contribution in [0.3, 0.4) is 0 Å². The molecule has 3 aromatic heterocycles. The first-order valence-corrected chi connectivity index (χ1v) is 9.76. The molecule has 28 heavy (non-hydrogen) atoms. The van der Waals surface area contributed by atoms with Crippen LogP contribution in [0.5, 0.6) is 0 Å². The number of benzene rings is 1. The maximum absolute atomic E-state index is 12.9. The molecule has 7 nitrogen and oxygen atoms in total. The van der Waals surface area contributed by atoms with E-state index in [-0.39, 0.29) is 17.4 Å². The molecule has 1 aliphatic rings. The van der Waals surface area contributed by atoms with Crippen molar-refractivity contribution in [3.8, 4) is 10.8 Å². The van der Waals surface area contributed by atoms with Gasteiger partial charge in [-0.05, 0) is 30.0 Å². The standard InChI is InChI=1S/C20H15N3O4S/c24-19(14-10-12-4-1-2-5-15(12)26-20(14)25)23-8-7-13(11-23)17-21-18(27-22-17)16-6-3-9-28-16/h1-6,9-10,13H,7-8,11H2/t13-/m1/s1. The Hall–Kier alpha value is -3.26. The van der Waals surface area contributed by atoms with E-state index >= 15 is 0 Å². The summed E-state index contributed by atoms with van der Waals surface area (Å²) in [5.41, 5.74) is -0.102. The zero-order valence-corrected chi connectivity index (χ0v) is 15.5. The van der Waals surface area contributed by atoms with Crippen molar-refractivity contribution in [1.29, 1.82) is 0 Å². The number of para-hydroxylation sites is 1. The normalized spacial score (nSPS) is 16.7. The van der Waals surface area contributed by atoms with Gasteiger partial charge in [0.1, 0.15) is 11.1 Å². The Kier molecular flexibility index (Phi) is 4.05. The second-order valence-corrected chi connectivity index (χ2v) is 7.60. The third kappa shape index (κ3) is 2.91. The van der Waals surface area contributed by atoms with Crippen LogP contribution in [0.15, 0.2) is 61.6 Å². The molecule has 1 aliphatic heterocycles. The quantitative estimate of drug-likeness (QED) is 0.495. The number of aromatic nitrogens is 2. The van der Waals surface area contributed by atoms with E-state index in [1.807, 2.05) is 29.6 Å². The molecule has 0 aliphatic carbocycles. The number of nitrogens with zero attached hydrogens (tertiary/aromatic N) is 3. The lowest BCUT2D eigenvalue weighted by Gasteiger charge is -2.15. The molecule has 0 unspecified atom stereocenters. The summed E-state index contributed by atoms with van der Waals surface area (Å²) in [6.07, 6.45) is 0.716. The van der Waals surface area contributed by atoms with Crippen LogP contribution in [0.25, 0.3) is 21.7 Å². The van der Waals surface area contributed by atoms with Crippen LogP contribution in [-0.4, -0.2) is 34.0 Å². The van der Waals surface area contributed by atoms with Gasteiger partial charge in [-0.3, -0.25) is 4.79 Å². The van der Waals surface area contributed by atoms with Crippen LogP contribution in [0.1, 0.15) is 28.5 Å². The molecular formula is C20H15N3O4S. The number of amides is 1. The first-order chi connectivity index (χ1) is 13.7. The summed E-state index contributed by atoms with van der Waals surface area (Å²) in [4.78, 5) is 32.2. The van der Waals surface area contributed by atoms with Crippen molar-refractivity contribution in [3.05, 3.63) is 69.7 Å². The molecular weight excluding hydrogens is 378 g/mol. The van der Waals surface area contributed by atoms with E-state index < -0.39 is 5.63 Å². The van der Waals surface area contributed by atoms with Crippen molar-refractivity contribution < 1.29 is 13.7 Å². The fourth-order valence-corrected chi connectivity index (χ4v) is 4.08. The molecule has 1 amide bonds. The van der Waals surface area contributed by atoms with E-state index in [0.717, 1.165) is 10.3 Å². The Morgan fingerprint density at radius 3 is 2.96 bits per heavy atom. The lowest BCUT2D eigenvalue weighted by molar-refractivity contribution is 0.0786.